The first-order chi connectivity index (χ1) is 28.0. The van der Waals surface area contributed by atoms with E-state index in [0.29, 0.717) is 36.0 Å². The van der Waals surface area contributed by atoms with Gasteiger partial charge in [-0.25, -0.2) is 4.79 Å². The number of esters is 2. The molecule has 14 nitrogen and oxygen atoms in total. The van der Waals surface area contributed by atoms with E-state index in [-0.39, 0.29) is 56.2 Å². The second kappa shape index (κ2) is 20.7. The van der Waals surface area contributed by atoms with E-state index in [1.54, 1.807) is 38.1 Å². The number of carbonyl (C=O) groups is 5. The maximum Gasteiger partial charge on any atom is 0.347 e. The van der Waals surface area contributed by atoms with Gasteiger partial charge in [0, 0.05) is 63.9 Å². The number of nitrogens with zero attached hydrogens (tertiary/aromatic N) is 2. The Hall–Kier alpha value is -4.50. The molecule has 2 amide bonds. The van der Waals surface area contributed by atoms with Crippen LogP contribution in [0.1, 0.15) is 70.1 Å². The Kier molecular flexibility index (Phi) is 16.0. The van der Waals surface area contributed by atoms with Gasteiger partial charge in [0.1, 0.15) is 17.9 Å². The summed E-state index contributed by atoms with van der Waals surface area (Å²) in [5, 5.41) is 15.0. The van der Waals surface area contributed by atoms with Gasteiger partial charge in [-0.3, -0.25) is 29.0 Å². The fourth-order valence-corrected chi connectivity index (χ4v) is 7.84. The van der Waals surface area contributed by atoms with E-state index < -0.39 is 53.4 Å². The van der Waals surface area contributed by atoms with Crippen LogP contribution in [0, 0.1) is 17.3 Å². The SMILES string of the molecule is COc1ccc(C[C@H]2NC(=O)/C=C/C[C@@H]([C@H](C)C3OC[C@@H]3c3ccc(CN4CCN(CC(=O)O)CC4)cc3)OC(=O)[C@H](CC(C)C)OC(=O)C(C)(C)CNC2=O)cc1Cl. The second-order valence-corrected chi connectivity index (χ2v) is 17.3. The molecule has 3 aliphatic heterocycles. The van der Waals surface area contributed by atoms with E-state index in [1.165, 1.54) is 13.2 Å². The molecule has 2 aromatic rings. The number of methoxy groups -OCH3 is 1. The molecule has 0 radical (unpaired) electrons. The van der Waals surface area contributed by atoms with Crippen LogP contribution in [0.25, 0.3) is 0 Å². The van der Waals surface area contributed by atoms with Gasteiger partial charge in [0.05, 0.1) is 36.8 Å². The van der Waals surface area contributed by atoms with Crippen molar-refractivity contribution in [2.45, 2.75) is 90.7 Å². The fourth-order valence-electron chi connectivity index (χ4n) is 7.56. The topological polar surface area (TPSA) is 173 Å². The molecule has 3 aliphatic rings. The highest BCUT2D eigenvalue weighted by atomic mass is 35.5. The lowest BCUT2D eigenvalue weighted by Gasteiger charge is -2.43. The molecule has 1 unspecified atom stereocenters. The molecule has 3 N–H and O–H groups in total. The number of carboxylic acid groups (broad SMARTS) is 1. The lowest BCUT2D eigenvalue weighted by atomic mass is 9.79. The van der Waals surface area contributed by atoms with Crippen LogP contribution in [0.3, 0.4) is 0 Å². The molecule has 2 saturated heterocycles. The van der Waals surface area contributed by atoms with Crippen molar-refractivity contribution in [1.29, 1.82) is 0 Å². The van der Waals surface area contributed by atoms with E-state index in [2.05, 4.69) is 39.8 Å². The van der Waals surface area contributed by atoms with Crippen LogP contribution in [-0.4, -0.2) is 122 Å². The van der Waals surface area contributed by atoms with Crippen LogP contribution < -0.4 is 15.4 Å². The molecule has 2 fully saturated rings. The number of cyclic esters (lactones) is 2. The van der Waals surface area contributed by atoms with Crippen LogP contribution in [-0.2, 0) is 51.1 Å². The predicted molar refractivity (Wildman–Crippen MR) is 221 cm³/mol. The molecule has 322 valence electrons. The van der Waals surface area contributed by atoms with Gasteiger partial charge >= 0.3 is 17.9 Å². The Balaban J connectivity index is 1.33. The summed E-state index contributed by atoms with van der Waals surface area (Å²) >= 11 is 6.36. The van der Waals surface area contributed by atoms with E-state index in [0.717, 1.165) is 30.8 Å². The van der Waals surface area contributed by atoms with Gasteiger partial charge in [-0.05, 0) is 61.1 Å². The van der Waals surface area contributed by atoms with Crippen molar-refractivity contribution in [2.75, 3.05) is 53.0 Å². The molecule has 15 heteroatoms. The number of carboxylic acids is 1. The molecule has 0 aromatic heterocycles. The van der Waals surface area contributed by atoms with E-state index in [1.807, 2.05) is 25.7 Å². The molecule has 59 heavy (non-hydrogen) atoms. The van der Waals surface area contributed by atoms with Crippen molar-refractivity contribution in [3.63, 3.8) is 0 Å². The minimum atomic E-state index is -1.23. The molecular weight excluding hydrogens is 780 g/mol. The maximum absolute atomic E-state index is 13.9. The number of halogens is 1. The number of benzene rings is 2. The normalized spacial score (nSPS) is 26.1. The number of ether oxygens (including phenoxy) is 4. The summed E-state index contributed by atoms with van der Waals surface area (Å²) in [6.07, 6.45) is 1.21. The number of piperazine rings is 1. The molecule has 6 atom stereocenters. The smallest absolute Gasteiger partial charge is 0.347 e. The van der Waals surface area contributed by atoms with Gasteiger partial charge in [-0.15, -0.1) is 0 Å². The summed E-state index contributed by atoms with van der Waals surface area (Å²) in [6, 6.07) is 12.5. The van der Waals surface area contributed by atoms with Crippen LogP contribution in [0.15, 0.2) is 54.6 Å². The Labute approximate surface area is 351 Å². The fraction of sp³-hybridized carbons (Fsp3) is 0.568. The number of hydrogen-bond acceptors (Lipinski definition) is 11. The van der Waals surface area contributed by atoms with Crippen LogP contribution >= 0.6 is 11.6 Å². The van der Waals surface area contributed by atoms with Gasteiger partial charge in [0.25, 0.3) is 0 Å². The number of aliphatic carboxylic acids is 1. The molecule has 0 bridgehead atoms. The standard InChI is InChI=1S/C44H59ClN4O10/c1-27(2)20-37-42(54)58-35(28(3)40-32(25-57-40)31-13-10-29(11-14-31)23-48-16-18-49(19-17-48)24-39(51)52)8-7-9-38(50)47-34(22-30-12-15-36(56-6)33(45)21-30)41(53)46-26-44(4,5)43(55)59-37/h7,9-15,21,27-28,32,34-35,37,40H,8,16-20,22-26H2,1-6H3,(H,46,53)(H,47,50)(H,51,52)/b9-7+/t28-,32+,34+,35-,37-,40?/m0/s1. The number of nitrogens with one attached hydrogen (secondary N) is 2. The largest absolute Gasteiger partial charge is 0.495 e. The second-order valence-electron chi connectivity index (χ2n) is 16.9. The third-order valence-electron chi connectivity index (χ3n) is 11.3. The zero-order valence-corrected chi connectivity index (χ0v) is 35.7. The van der Waals surface area contributed by atoms with E-state index in [4.69, 9.17) is 35.7 Å². The van der Waals surface area contributed by atoms with Crippen molar-refractivity contribution < 1.29 is 48.0 Å². The van der Waals surface area contributed by atoms with Gasteiger partial charge in [-0.1, -0.05) is 68.8 Å². The zero-order valence-electron chi connectivity index (χ0n) is 34.9. The van der Waals surface area contributed by atoms with Crippen LogP contribution in [0.5, 0.6) is 5.75 Å². The minimum absolute atomic E-state index is 0.00991. The third-order valence-corrected chi connectivity index (χ3v) is 11.6. The van der Waals surface area contributed by atoms with Crippen molar-refractivity contribution >= 4 is 41.3 Å². The van der Waals surface area contributed by atoms with E-state index >= 15 is 0 Å². The average Bonchev–Trinajstić information content (AvgIpc) is 3.16. The summed E-state index contributed by atoms with van der Waals surface area (Å²) in [5.74, 6) is -3.03. The Bertz CT molecular complexity index is 1830. The first-order valence-electron chi connectivity index (χ1n) is 20.4. The van der Waals surface area contributed by atoms with Crippen LogP contribution in [0.4, 0.5) is 0 Å². The van der Waals surface area contributed by atoms with Crippen LogP contribution in [0.2, 0.25) is 5.02 Å². The Morgan fingerprint density at radius 3 is 2.27 bits per heavy atom. The highest BCUT2D eigenvalue weighted by Crippen LogP contribution is 2.39. The first kappa shape index (κ1) is 45.6. The summed E-state index contributed by atoms with van der Waals surface area (Å²) in [5.41, 5.74) is 1.70. The molecule has 2 aromatic carbocycles. The van der Waals surface area contributed by atoms with Gasteiger partial charge in [-0.2, -0.15) is 0 Å². The summed E-state index contributed by atoms with van der Waals surface area (Å²) < 4.78 is 23.5. The quantitative estimate of drug-likeness (QED) is 0.258. The van der Waals surface area contributed by atoms with Crippen molar-refractivity contribution in [3.05, 3.63) is 76.3 Å². The molecule has 3 heterocycles. The zero-order chi connectivity index (χ0) is 42.9. The summed E-state index contributed by atoms with van der Waals surface area (Å²) in [6.45, 7) is 13.2. The van der Waals surface area contributed by atoms with Crippen molar-refractivity contribution in [1.82, 2.24) is 20.4 Å². The Morgan fingerprint density at radius 1 is 0.983 bits per heavy atom. The van der Waals surface area contributed by atoms with E-state index in [9.17, 15) is 24.0 Å². The first-order valence-corrected chi connectivity index (χ1v) is 20.8. The highest BCUT2D eigenvalue weighted by molar-refractivity contribution is 6.32. The Morgan fingerprint density at radius 2 is 1.66 bits per heavy atom. The predicted octanol–water partition coefficient (Wildman–Crippen LogP) is 4.37. The number of carbonyl (C=O) groups excluding carboxylic acids is 4. The lowest BCUT2D eigenvalue weighted by molar-refractivity contribution is -0.185. The minimum Gasteiger partial charge on any atom is -0.495 e. The summed E-state index contributed by atoms with van der Waals surface area (Å²) in [4.78, 5) is 69.9. The number of rotatable bonds is 12. The lowest BCUT2D eigenvalue weighted by Crippen LogP contribution is -2.51. The van der Waals surface area contributed by atoms with Crippen molar-refractivity contribution in [2.24, 2.45) is 17.3 Å². The molecule has 0 spiro atoms. The van der Waals surface area contributed by atoms with Crippen molar-refractivity contribution in [3.8, 4) is 5.75 Å². The monoisotopic (exact) mass is 838 g/mol. The maximum atomic E-state index is 13.9. The molecule has 0 aliphatic carbocycles. The molecule has 0 saturated carbocycles. The molecular formula is C44H59ClN4O10. The highest BCUT2D eigenvalue weighted by Gasteiger charge is 2.43. The summed E-state index contributed by atoms with van der Waals surface area (Å²) in [7, 11) is 1.50. The third kappa shape index (κ3) is 12.7. The average molecular weight is 839 g/mol. The number of amides is 2. The van der Waals surface area contributed by atoms with Gasteiger partial charge in [0.2, 0.25) is 11.8 Å². The van der Waals surface area contributed by atoms with Gasteiger partial charge in [0.15, 0.2) is 6.10 Å². The number of hydrogen-bond donors (Lipinski definition) is 3. The molecule has 5 rings (SSSR count). The van der Waals surface area contributed by atoms with Gasteiger partial charge < -0.3 is 34.7 Å².